The molecule has 0 aromatic rings. The Balaban J connectivity index is 1.72. The van der Waals surface area contributed by atoms with E-state index in [1.807, 2.05) is 16.7 Å². The third-order valence-electron chi connectivity index (χ3n) is 5.42. The normalized spacial score (nSPS) is 33.9. The van der Waals surface area contributed by atoms with Gasteiger partial charge < -0.3 is 14.7 Å². The van der Waals surface area contributed by atoms with Crippen LogP contribution in [0, 0.1) is 5.92 Å². The standard InChI is InChI=1S/C16H27N3O2/c1-3-13-15(20)18-8-5-6-14(18)16(21)19(13)11-12-7-9-17(4-2)10-12/h12-14H,3-11H2,1-2H3. The number of piperazine rings is 1. The van der Waals surface area contributed by atoms with Crippen molar-refractivity contribution in [1.82, 2.24) is 14.7 Å². The van der Waals surface area contributed by atoms with Crippen molar-refractivity contribution in [1.29, 1.82) is 0 Å². The molecule has 0 radical (unpaired) electrons. The molecular weight excluding hydrogens is 266 g/mol. The molecule has 3 rings (SSSR count). The van der Waals surface area contributed by atoms with E-state index >= 15 is 0 Å². The number of nitrogens with zero attached hydrogens (tertiary/aromatic N) is 3. The van der Waals surface area contributed by atoms with Gasteiger partial charge in [-0.3, -0.25) is 9.59 Å². The molecule has 3 heterocycles. The summed E-state index contributed by atoms with van der Waals surface area (Å²) < 4.78 is 0. The minimum absolute atomic E-state index is 0.163. The van der Waals surface area contributed by atoms with Crippen LogP contribution < -0.4 is 0 Å². The summed E-state index contributed by atoms with van der Waals surface area (Å²) >= 11 is 0. The molecule has 118 valence electrons. The monoisotopic (exact) mass is 293 g/mol. The van der Waals surface area contributed by atoms with E-state index < -0.39 is 0 Å². The Morgan fingerprint density at radius 1 is 1.10 bits per heavy atom. The van der Waals surface area contributed by atoms with Gasteiger partial charge in [-0.1, -0.05) is 13.8 Å². The van der Waals surface area contributed by atoms with Crippen molar-refractivity contribution in [3.8, 4) is 0 Å². The molecule has 3 aliphatic rings. The minimum Gasteiger partial charge on any atom is -0.329 e. The van der Waals surface area contributed by atoms with Gasteiger partial charge in [0.15, 0.2) is 0 Å². The van der Waals surface area contributed by atoms with E-state index in [4.69, 9.17) is 0 Å². The second kappa shape index (κ2) is 5.95. The van der Waals surface area contributed by atoms with Gasteiger partial charge in [-0.05, 0) is 44.7 Å². The highest BCUT2D eigenvalue weighted by atomic mass is 16.2. The molecule has 0 aromatic carbocycles. The van der Waals surface area contributed by atoms with Gasteiger partial charge >= 0.3 is 0 Å². The smallest absolute Gasteiger partial charge is 0.246 e. The predicted molar refractivity (Wildman–Crippen MR) is 80.7 cm³/mol. The third kappa shape index (κ3) is 2.56. The fourth-order valence-electron chi connectivity index (χ4n) is 4.20. The van der Waals surface area contributed by atoms with Crippen molar-refractivity contribution in [3.63, 3.8) is 0 Å². The van der Waals surface area contributed by atoms with E-state index in [1.165, 1.54) is 0 Å². The van der Waals surface area contributed by atoms with Crippen LogP contribution in [0.4, 0.5) is 0 Å². The van der Waals surface area contributed by atoms with E-state index in [0.29, 0.717) is 5.92 Å². The lowest BCUT2D eigenvalue weighted by Crippen LogP contribution is -2.63. The molecule has 3 aliphatic heterocycles. The summed E-state index contributed by atoms with van der Waals surface area (Å²) in [7, 11) is 0. The summed E-state index contributed by atoms with van der Waals surface area (Å²) in [6, 6.07) is -0.383. The summed E-state index contributed by atoms with van der Waals surface area (Å²) in [5, 5.41) is 0. The zero-order chi connectivity index (χ0) is 15.0. The highest BCUT2D eigenvalue weighted by Crippen LogP contribution is 2.29. The molecule has 0 saturated carbocycles. The van der Waals surface area contributed by atoms with Crippen molar-refractivity contribution >= 4 is 11.8 Å². The summed E-state index contributed by atoms with van der Waals surface area (Å²) in [6.07, 6.45) is 3.71. The van der Waals surface area contributed by atoms with E-state index in [1.54, 1.807) is 0 Å². The molecule has 21 heavy (non-hydrogen) atoms. The molecular formula is C16H27N3O2. The van der Waals surface area contributed by atoms with E-state index in [-0.39, 0.29) is 23.9 Å². The second-order valence-corrected chi connectivity index (χ2v) is 6.65. The van der Waals surface area contributed by atoms with Crippen molar-refractivity contribution in [2.45, 2.75) is 51.6 Å². The maximum absolute atomic E-state index is 12.8. The molecule has 3 atom stereocenters. The number of likely N-dealkylation sites (tertiary alicyclic amines) is 1. The van der Waals surface area contributed by atoms with Crippen molar-refractivity contribution in [3.05, 3.63) is 0 Å². The van der Waals surface area contributed by atoms with Crippen LogP contribution in [0.3, 0.4) is 0 Å². The Bertz CT molecular complexity index is 426. The minimum atomic E-state index is -0.220. The largest absolute Gasteiger partial charge is 0.329 e. The van der Waals surface area contributed by atoms with Crippen LogP contribution in [-0.4, -0.2) is 71.3 Å². The van der Waals surface area contributed by atoms with Gasteiger partial charge in [0.25, 0.3) is 0 Å². The number of fused-ring (bicyclic) bond motifs is 1. The Morgan fingerprint density at radius 2 is 1.90 bits per heavy atom. The summed E-state index contributed by atoms with van der Waals surface area (Å²) in [5.41, 5.74) is 0. The first kappa shape index (κ1) is 14.8. The van der Waals surface area contributed by atoms with Crippen molar-refractivity contribution in [2.75, 3.05) is 32.7 Å². The number of amides is 2. The van der Waals surface area contributed by atoms with Crippen molar-refractivity contribution < 1.29 is 9.59 Å². The van der Waals surface area contributed by atoms with E-state index in [0.717, 1.165) is 58.4 Å². The summed E-state index contributed by atoms with van der Waals surface area (Å²) in [5.74, 6) is 0.919. The van der Waals surface area contributed by atoms with Gasteiger partial charge in [0.1, 0.15) is 12.1 Å². The highest BCUT2D eigenvalue weighted by molar-refractivity contribution is 5.97. The van der Waals surface area contributed by atoms with E-state index in [2.05, 4.69) is 11.8 Å². The molecule has 0 N–H and O–H groups in total. The molecule has 5 nitrogen and oxygen atoms in total. The Labute approximate surface area is 127 Å². The van der Waals surface area contributed by atoms with Crippen LogP contribution in [-0.2, 0) is 9.59 Å². The van der Waals surface area contributed by atoms with E-state index in [9.17, 15) is 9.59 Å². The number of hydrogen-bond acceptors (Lipinski definition) is 3. The molecule has 0 bridgehead atoms. The third-order valence-corrected chi connectivity index (χ3v) is 5.42. The molecule has 0 aromatic heterocycles. The fraction of sp³-hybridized carbons (Fsp3) is 0.875. The Hall–Kier alpha value is -1.10. The maximum atomic E-state index is 12.8. The zero-order valence-corrected chi connectivity index (χ0v) is 13.3. The number of carbonyl (C=O) groups is 2. The SMILES string of the molecule is CCC1C(=O)N2CCCC2C(=O)N1CC1CCN(CC)C1. The average Bonchev–Trinajstić information content (AvgIpc) is 3.14. The summed E-state index contributed by atoms with van der Waals surface area (Å²) in [6.45, 7) is 9.02. The Morgan fingerprint density at radius 3 is 2.57 bits per heavy atom. The van der Waals surface area contributed by atoms with Crippen LogP contribution >= 0.6 is 0 Å². The van der Waals surface area contributed by atoms with Gasteiger partial charge in [0.05, 0.1) is 0 Å². The lowest BCUT2D eigenvalue weighted by Gasteiger charge is -2.43. The molecule has 0 aliphatic carbocycles. The first-order chi connectivity index (χ1) is 10.2. The Kier molecular flexibility index (Phi) is 4.20. The van der Waals surface area contributed by atoms with Gasteiger partial charge in [-0.2, -0.15) is 0 Å². The average molecular weight is 293 g/mol. The summed E-state index contributed by atoms with van der Waals surface area (Å²) in [4.78, 5) is 31.6. The van der Waals surface area contributed by atoms with Gasteiger partial charge in [-0.15, -0.1) is 0 Å². The van der Waals surface area contributed by atoms with Crippen LogP contribution in [0.25, 0.3) is 0 Å². The topological polar surface area (TPSA) is 43.9 Å². The lowest BCUT2D eigenvalue weighted by atomic mass is 10.00. The first-order valence-electron chi connectivity index (χ1n) is 8.49. The molecule has 0 spiro atoms. The molecule has 5 heteroatoms. The fourth-order valence-corrected chi connectivity index (χ4v) is 4.20. The maximum Gasteiger partial charge on any atom is 0.246 e. The molecule has 3 saturated heterocycles. The number of hydrogen-bond donors (Lipinski definition) is 0. The molecule has 3 fully saturated rings. The molecule has 3 unspecified atom stereocenters. The number of carbonyl (C=O) groups excluding carboxylic acids is 2. The second-order valence-electron chi connectivity index (χ2n) is 6.65. The zero-order valence-electron chi connectivity index (χ0n) is 13.3. The number of rotatable bonds is 4. The van der Waals surface area contributed by atoms with Gasteiger partial charge in [-0.25, -0.2) is 0 Å². The van der Waals surface area contributed by atoms with Crippen LogP contribution in [0.5, 0.6) is 0 Å². The first-order valence-corrected chi connectivity index (χ1v) is 8.49. The molecule has 2 amide bonds. The van der Waals surface area contributed by atoms with Crippen LogP contribution in [0.15, 0.2) is 0 Å². The van der Waals surface area contributed by atoms with Crippen LogP contribution in [0.2, 0.25) is 0 Å². The van der Waals surface area contributed by atoms with Gasteiger partial charge in [0.2, 0.25) is 11.8 Å². The van der Waals surface area contributed by atoms with Crippen LogP contribution in [0.1, 0.15) is 39.5 Å². The van der Waals surface area contributed by atoms with Crippen molar-refractivity contribution in [2.24, 2.45) is 5.92 Å². The highest BCUT2D eigenvalue weighted by Gasteiger charge is 2.47. The lowest BCUT2D eigenvalue weighted by molar-refractivity contribution is -0.160. The predicted octanol–water partition coefficient (Wildman–Crippen LogP) is 0.940. The quantitative estimate of drug-likeness (QED) is 0.775. The van der Waals surface area contributed by atoms with Gasteiger partial charge in [0, 0.05) is 19.6 Å².